The summed E-state index contributed by atoms with van der Waals surface area (Å²) in [6.07, 6.45) is 8.11. The van der Waals surface area contributed by atoms with Gasteiger partial charge < -0.3 is 8.75 Å². The van der Waals surface area contributed by atoms with Gasteiger partial charge in [0.15, 0.2) is 5.65 Å². The van der Waals surface area contributed by atoms with Crippen molar-refractivity contribution in [1.29, 1.82) is 0 Å². The predicted octanol–water partition coefficient (Wildman–Crippen LogP) is 2.07. The molecule has 0 fully saturated rings. The topological polar surface area (TPSA) is 74.1 Å². The van der Waals surface area contributed by atoms with Gasteiger partial charge in [0.2, 0.25) is 0 Å². The Hall–Kier alpha value is -2.36. The highest BCUT2D eigenvalue weighted by molar-refractivity contribution is 7.87. The van der Waals surface area contributed by atoms with Crippen LogP contribution >= 0.6 is 0 Å². The average molecular weight is 317 g/mol. The lowest BCUT2D eigenvalue weighted by Gasteiger charge is -2.11. The molecule has 2 aromatic rings. The SMILES string of the molecule is O=S(=O)(Oc1ncc2ccn(C3=CC=C3)c2n1)C(F)(F)F. The molecular formula is C11H6F3N3O3S. The molecule has 110 valence electrons. The van der Waals surface area contributed by atoms with E-state index in [4.69, 9.17) is 0 Å². The van der Waals surface area contributed by atoms with Crippen LogP contribution in [-0.4, -0.2) is 28.5 Å². The van der Waals surface area contributed by atoms with Gasteiger partial charge in [0, 0.05) is 23.5 Å². The Kier molecular flexibility index (Phi) is 2.80. The fraction of sp³-hybridized carbons (Fsp3) is 0.0909. The van der Waals surface area contributed by atoms with E-state index in [0.29, 0.717) is 5.39 Å². The molecule has 1 aliphatic rings. The Morgan fingerprint density at radius 1 is 1.29 bits per heavy atom. The third kappa shape index (κ3) is 2.27. The highest BCUT2D eigenvalue weighted by atomic mass is 32.2. The molecule has 0 amide bonds. The third-order valence-electron chi connectivity index (χ3n) is 2.69. The van der Waals surface area contributed by atoms with Crippen LogP contribution in [0.1, 0.15) is 0 Å². The minimum absolute atomic E-state index is 0.243. The highest BCUT2D eigenvalue weighted by Crippen LogP contribution is 2.27. The molecule has 0 saturated carbocycles. The summed E-state index contributed by atoms with van der Waals surface area (Å²) in [6.45, 7) is 0. The van der Waals surface area contributed by atoms with E-state index >= 15 is 0 Å². The summed E-state index contributed by atoms with van der Waals surface area (Å²) < 4.78 is 64.1. The molecule has 0 N–H and O–H groups in total. The summed E-state index contributed by atoms with van der Waals surface area (Å²) in [5.74, 6) is 0. The first kappa shape index (κ1) is 13.6. The van der Waals surface area contributed by atoms with E-state index in [9.17, 15) is 21.6 Å². The number of nitrogens with zero attached hydrogens (tertiary/aromatic N) is 3. The minimum atomic E-state index is -5.79. The number of fused-ring (bicyclic) bond motifs is 1. The molecule has 10 heteroatoms. The number of hydrogen-bond acceptors (Lipinski definition) is 5. The van der Waals surface area contributed by atoms with Crippen molar-refractivity contribution in [2.45, 2.75) is 5.51 Å². The molecule has 2 heterocycles. The maximum absolute atomic E-state index is 12.3. The van der Waals surface area contributed by atoms with Crippen molar-refractivity contribution >= 4 is 26.8 Å². The number of aromatic nitrogens is 3. The fourth-order valence-corrected chi connectivity index (χ4v) is 2.01. The van der Waals surface area contributed by atoms with Gasteiger partial charge in [-0.1, -0.05) is 6.08 Å². The predicted molar refractivity (Wildman–Crippen MR) is 66.5 cm³/mol. The molecule has 0 aromatic carbocycles. The van der Waals surface area contributed by atoms with Gasteiger partial charge in [-0.15, -0.1) is 0 Å². The van der Waals surface area contributed by atoms with E-state index < -0.39 is 21.6 Å². The molecule has 0 aliphatic heterocycles. The van der Waals surface area contributed by atoms with Crippen molar-refractivity contribution in [3.63, 3.8) is 0 Å². The standard InChI is InChI=1S/C11H6F3N3O3S/c12-11(13,14)21(18,19)20-10-15-6-7-4-5-17(9(7)16-10)8-2-1-3-8/h1-6H. The van der Waals surface area contributed by atoms with Gasteiger partial charge in [-0.3, -0.25) is 0 Å². The number of rotatable bonds is 3. The summed E-state index contributed by atoms with van der Waals surface area (Å²) in [5, 5.41) is 0.535. The van der Waals surface area contributed by atoms with Gasteiger partial charge >= 0.3 is 21.6 Å². The summed E-state index contributed by atoms with van der Waals surface area (Å²) in [5.41, 5.74) is -4.53. The molecule has 1 aliphatic carbocycles. The maximum Gasteiger partial charge on any atom is 0.534 e. The van der Waals surface area contributed by atoms with E-state index in [-0.39, 0.29) is 5.65 Å². The molecule has 2 aromatic heterocycles. The summed E-state index contributed by atoms with van der Waals surface area (Å²) >= 11 is 0. The molecule has 3 rings (SSSR count). The zero-order valence-corrected chi connectivity index (χ0v) is 10.9. The summed E-state index contributed by atoms with van der Waals surface area (Å²) in [7, 11) is -5.79. The average Bonchev–Trinajstić information content (AvgIpc) is 2.68. The molecule has 6 nitrogen and oxygen atoms in total. The second kappa shape index (κ2) is 4.32. The van der Waals surface area contributed by atoms with E-state index in [1.54, 1.807) is 35.1 Å². The van der Waals surface area contributed by atoms with Crippen molar-refractivity contribution in [2.75, 3.05) is 0 Å². The van der Waals surface area contributed by atoms with Gasteiger partial charge in [0.05, 0.1) is 0 Å². The van der Waals surface area contributed by atoms with Gasteiger partial charge in [-0.25, -0.2) is 4.98 Å². The molecular weight excluding hydrogens is 311 g/mol. The lowest BCUT2D eigenvalue weighted by atomic mass is 10.2. The van der Waals surface area contributed by atoms with Crippen LogP contribution in [0.15, 0.2) is 36.7 Å². The Morgan fingerprint density at radius 2 is 2.00 bits per heavy atom. The Bertz CT molecular complexity index is 881. The summed E-state index contributed by atoms with van der Waals surface area (Å²) in [4.78, 5) is 7.17. The Morgan fingerprint density at radius 3 is 2.57 bits per heavy atom. The van der Waals surface area contributed by atoms with E-state index in [1.165, 1.54) is 6.20 Å². The molecule has 0 unspecified atom stereocenters. The zero-order valence-electron chi connectivity index (χ0n) is 10.1. The number of halogens is 3. The first-order valence-electron chi connectivity index (χ1n) is 5.51. The normalized spacial score (nSPS) is 14.9. The number of allylic oxidation sites excluding steroid dienone is 4. The van der Waals surface area contributed by atoms with Gasteiger partial charge in [-0.05, 0) is 18.2 Å². The molecule has 21 heavy (non-hydrogen) atoms. The molecule has 0 saturated heterocycles. The second-order valence-corrected chi connectivity index (χ2v) is 5.59. The van der Waals surface area contributed by atoms with Crippen LogP contribution in [0.25, 0.3) is 16.7 Å². The lowest BCUT2D eigenvalue weighted by molar-refractivity contribution is -0.0502. The first-order chi connectivity index (χ1) is 9.78. The maximum atomic E-state index is 12.3. The van der Waals surface area contributed by atoms with Crippen LogP contribution in [0, 0.1) is 0 Å². The van der Waals surface area contributed by atoms with Crippen LogP contribution < -0.4 is 4.18 Å². The monoisotopic (exact) mass is 317 g/mol. The third-order valence-corrected chi connectivity index (χ3v) is 3.62. The highest BCUT2D eigenvalue weighted by Gasteiger charge is 2.49. The van der Waals surface area contributed by atoms with Crippen molar-refractivity contribution in [3.05, 3.63) is 36.7 Å². The number of alkyl halides is 3. The molecule has 0 atom stereocenters. The van der Waals surface area contributed by atoms with Gasteiger partial charge in [0.1, 0.15) is 0 Å². The quantitative estimate of drug-likeness (QED) is 0.640. The van der Waals surface area contributed by atoms with E-state index in [2.05, 4.69) is 14.2 Å². The molecule has 0 bridgehead atoms. The smallest absolute Gasteiger partial charge is 0.337 e. The largest absolute Gasteiger partial charge is 0.534 e. The van der Waals surface area contributed by atoms with Crippen LogP contribution in [0.4, 0.5) is 13.2 Å². The lowest BCUT2D eigenvalue weighted by Crippen LogP contribution is -2.28. The van der Waals surface area contributed by atoms with Gasteiger partial charge in [0.25, 0.3) is 0 Å². The first-order valence-corrected chi connectivity index (χ1v) is 6.92. The zero-order chi connectivity index (χ0) is 15.3. The van der Waals surface area contributed by atoms with Gasteiger partial charge in [-0.2, -0.15) is 26.6 Å². The molecule has 0 spiro atoms. The van der Waals surface area contributed by atoms with Crippen LogP contribution in [0.3, 0.4) is 0 Å². The Labute approximate surface area is 116 Å². The van der Waals surface area contributed by atoms with Crippen molar-refractivity contribution in [3.8, 4) is 6.01 Å². The van der Waals surface area contributed by atoms with Crippen LogP contribution in [0.2, 0.25) is 0 Å². The van der Waals surface area contributed by atoms with E-state index in [0.717, 1.165) is 5.70 Å². The van der Waals surface area contributed by atoms with Crippen molar-refractivity contribution in [1.82, 2.24) is 14.5 Å². The Balaban J connectivity index is 2.01. The van der Waals surface area contributed by atoms with Crippen LogP contribution in [0.5, 0.6) is 6.01 Å². The van der Waals surface area contributed by atoms with Crippen molar-refractivity contribution < 1.29 is 25.8 Å². The van der Waals surface area contributed by atoms with Crippen LogP contribution in [-0.2, 0) is 10.1 Å². The minimum Gasteiger partial charge on any atom is -0.337 e. The summed E-state index contributed by atoms with van der Waals surface area (Å²) in [6, 6.07) is 0.758. The second-order valence-electron chi connectivity index (χ2n) is 4.05. The number of hydrogen-bond donors (Lipinski definition) is 0. The molecule has 0 radical (unpaired) electrons. The fourth-order valence-electron chi connectivity index (χ4n) is 1.64. The van der Waals surface area contributed by atoms with Crippen molar-refractivity contribution in [2.24, 2.45) is 0 Å². The van der Waals surface area contributed by atoms with E-state index in [1.807, 2.05) is 0 Å².